The third-order valence-corrected chi connectivity index (χ3v) is 4.99. The lowest BCUT2D eigenvalue weighted by Gasteiger charge is -2.13. The molecular weight excluding hydrogens is 336 g/mol. The SMILES string of the molecule is Cc1cccc(OCC(=O)Nc2c(C)cc3nc(NN)sc3c2C)c1. The highest BCUT2D eigenvalue weighted by Crippen LogP contribution is 2.34. The second-order valence-electron chi connectivity index (χ2n) is 5.86. The van der Waals surface area contributed by atoms with Gasteiger partial charge in [0.05, 0.1) is 10.2 Å². The van der Waals surface area contributed by atoms with Gasteiger partial charge in [-0.25, -0.2) is 10.8 Å². The largest absolute Gasteiger partial charge is 0.484 e. The molecule has 0 aliphatic rings. The van der Waals surface area contributed by atoms with Crippen LogP contribution in [0.1, 0.15) is 16.7 Å². The number of carbonyl (C=O) groups is 1. The molecule has 0 unspecified atom stereocenters. The Bertz CT molecular complexity index is 936. The number of hydrazine groups is 1. The van der Waals surface area contributed by atoms with Crippen LogP contribution in [-0.4, -0.2) is 17.5 Å². The van der Waals surface area contributed by atoms with E-state index in [0.717, 1.165) is 32.6 Å². The number of hydrogen-bond acceptors (Lipinski definition) is 6. The molecule has 0 fully saturated rings. The average Bonchev–Trinajstić information content (AvgIpc) is 3.00. The standard InChI is InChI=1S/C18H20N4O2S/c1-10-5-4-6-13(7-10)24-9-15(23)21-16-11(2)8-14-17(12(16)3)25-18(20-14)22-19/h4-8H,9,19H2,1-3H3,(H,20,22)(H,21,23). The molecule has 0 aliphatic carbocycles. The van der Waals surface area contributed by atoms with Crippen molar-refractivity contribution in [1.82, 2.24) is 4.98 Å². The van der Waals surface area contributed by atoms with E-state index >= 15 is 0 Å². The summed E-state index contributed by atoms with van der Waals surface area (Å²) in [5.74, 6) is 5.92. The number of amides is 1. The molecule has 1 heterocycles. The highest BCUT2D eigenvalue weighted by Gasteiger charge is 2.14. The lowest BCUT2D eigenvalue weighted by molar-refractivity contribution is -0.118. The number of thiazole rings is 1. The number of hydrogen-bond donors (Lipinski definition) is 3. The minimum absolute atomic E-state index is 0.0430. The van der Waals surface area contributed by atoms with E-state index in [1.54, 1.807) is 0 Å². The molecule has 0 spiro atoms. The fraction of sp³-hybridized carbons (Fsp3) is 0.222. The van der Waals surface area contributed by atoms with Crippen LogP contribution < -0.4 is 21.3 Å². The van der Waals surface area contributed by atoms with Crippen molar-refractivity contribution in [2.75, 3.05) is 17.3 Å². The molecule has 3 aromatic rings. The predicted molar refractivity (Wildman–Crippen MR) is 102 cm³/mol. The molecule has 130 valence electrons. The highest BCUT2D eigenvalue weighted by molar-refractivity contribution is 7.22. The van der Waals surface area contributed by atoms with Crippen molar-refractivity contribution >= 4 is 38.3 Å². The van der Waals surface area contributed by atoms with Crippen molar-refractivity contribution in [3.8, 4) is 5.75 Å². The number of nitrogens with one attached hydrogen (secondary N) is 2. The van der Waals surface area contributed by atoms with E-state index in [2.05, 4.69) is 15.7 Å². The summed E-state index contributed by atoms with van der Waals surface area (Å²) in [5.41, 5.74) is 7.22. The Morgan fingerprint density at radius 3 is 2.80 bits per heavy atom. The molecule has 0 atom stereocenters. The molecule has 7 heteroatoms. The molecule has 0 saturated heterocycles. The highest BCUT2D eigenvalue weighted by atomic mass is 32.1. The molecule has 4 N–H and O–H groups in total. The first-order chi connectivity index (χ1) is 12.0. The Morgan fingerprint density at radius 2 is 2.08 bits per heavy atom. The minimum Gasteiger partial charge on any atom is -0.484 e. The molecule has 0 aliphatic heterocycles. The summed E-state index contributed by atoms with van der Waals surface area (Å²) in [4.78, 5) is 16.7. The molecule has 0 saturated carbocycles. The van der Waals surface area contributed by atoms with Crippen LogP contribution in [0, 0.1) is 20.8 Å². The first-order valence-corrected chi connectivity index (χ1v) is 8.66. The van der Waals surface area contributed by atoms with Gasteiger partial charge in [0.1, 0.15) is 5.75 Å². The topological polar surface area (TPSA) is 89.3 Å². The second kappa shape index (κ2) is 7.08. The number of carbonyl (C=O) groups excluding carboxylic acids is 1. The van der Waals surface area contributed by atoms with Gasteiger partial charge in [0.15, 0.2) is 11.7 Å². The van der Waals surface area contributed by atoms with Gasteiger partial charge < -0.3 is 10.1 Å². The van der Waals surface area contributed by atoms with E-state index in [4.69, 9.17) is 10.6 Å². The van der Waals surface area contributed by atoms with Gasteiger partial charge in [0.2, 0.25) is 0 Å². The number of nitrogens with two attached hydrogens (primary N) is 1. The Labute approximate surface area is 150 Å². The number of anilines is 2. The van der Waals surface area contributed by atoms with Crippen molar-refractivity contribution in [2.45, 2.75) is 20.8 Å². The lowest BCUT2D eigenvalue weighted by atomic mass is 10.1. The van der Waals surface area contributed by atoms with Crippen molar-refractivity contribution in [3.63, 3.8) is 0 Å². The Balaban J connectivity index is 1.76. The molecule has 0 bridgehead atoms. The number of ether oxygens (including phenoxy) is 1. The van der Waals surface area contributed by atoms with Crippen LogP contribution in [0.4, 0.5) is 10.8 Å². The van der Waals surface area contributed by atoms with Crippen LogP contribution in [0.5, 0.6) is 5.75 Å². The van der Waals surface area contributed by atoms with E-state index in [-0.39, 0.29) is 12.5 Å². The van der Waals surface area contributed by atoms with Crippen molar-refractivity contribution < 1.29 is 9.53 Å². The first-order valence-electron chi connectivity index (χ1n) is 7.84. The lowest BCUT2D eigenvalue weighted by Crippen LogP contribution is -2.21. The summed E-state index contributed by atoms with van der Waals surface area (Å²) in [6.07, 6.45) is 0. The minimum atomic E-state index is -0.200. The first kappa shape index (κ1) is 17.2. The zero-order valence-electron chi connectivity index (χ0n) is 14.3. The van der Waals surface area contributed by atoms with Crippen LogP contribution >= 0.6 is 11.3 Å². The number of rotatable bonds is 5. The molecule has 25 heavy (non-hydrogen) atoms. The molecular formula is C18H20N4O2S. The Kier molecular flexibility index (Phi) is 4.87. The van der Waals surface area contributed by atoms with E-state index < -0.39 is 0 Å². The monoisotopic (exact) mass is 356 g/mol. The van der Waals surface area contributed by atoms with Crippen LogP contribution in [0.2, 0.25) is 0 Å². The van der Waals surface area contributed by atoms with Gasteiger partial charge in [-0.2, -0.15) is 0 Å². The van der Waals surface area contributed by atoms with Crippen LogP contribution in [0.3, 0.4) is 0 Å². The van der Waals surface area contributed by atoms with Gasteiger partial charge in [-0.05, 0) is 55.7 Å². The van der Waals surface area contributed by atoms with Crippen molar-refractivity contribution in [2.24, 2.45) is 5.84 Å². The third-order valence-electron chi connectivity index (χ3n) is 3.86. The fourth-order valence-corrected chi connectivity index (χ4v) is 3.53. The molecule has 3 rings (SSSR count). The second-order valence-corrected chi connectivity index (χ2v) is 6.86. The number of aromatic nitrogens is 1. The molecule has 1 amide bonds. The summed E-state index contributed by atoms with van der Waals surface area (Å²) >= 11 is 1.46. The van der Waals surface area contributed by atoms with E-state index in [9.17, 15) is 4.79 Å². The third kappa shape index (κ3) is 3.72. The normalized spacial score (nSPS) is 10.7. The van der Waals surface area contributed by atoms with Gasteiger partial charge >= 0.3 is 0 Å². The number of fused-ring (bicyclic) bond motifs is 1. The number of nitrogen functional groups attached to an aromatic ring is 1. The number of nitrogens with zero attached hydrogens (tertiary/aromatic N) is 1. The van der Waals surface area contributed by atoms with E-state index in [1.807, 2.05) is 51.1 Å². The smallest absolute Gasteiger partial charge is 0.262 e. The quantitative estimate of drug-likeness (QED) is 0.481. The Morgan fingerprint density at radius 1 is 1.28 bits per heavy atom. The summed E-state index contributed by atoms with van der Waals surface area (Å²) in [6.45, 7) is 5.84. The number of benzene rings is 2. The molecule has 0 radical (unpaired) electrons. The zero-order chi connectivity index (χ0) is 18.0. The molecule has 6 nitrogen and oxygen atoms in total. The summed E-state index contributed by atoms with van der Waals surface area (Å²) < 4.78 is 6.56. The fourth-order valence-electron chi connectivity index (χ4n) is 2.67. The number of aryl methyl sites for hydroxylation is 3. The van der Waals surface area contributed by atoms with E-state index in [1.165, 1.54) is 11.3 Å². The molecule has 1 aromatic heterocycles. The Hall–Kier alpha value is -2.64. The van der Waals surface area contributed by atoms with Gasteiger partial charge in [-0.1, -0.05) is 23.5 Å². The van der Waals surface area contributed by atoms with Gasteiger partial charge in [0.25, 0.3) is 5.91 Å². The maximum Gasteiger partial charge on any atom is 0.262 e. The summed E-state index contributed by atoms with van der Waals surface area (Å²) in [6, 6.07) is 9.55. The zero-order valence-corrected chi connectivity index (χ0v) is 15.2. The maximum atomic E-state index is 12.3. The summed E-state index contributed by atoms with van der Waals surface area (Å²) in [7, 11) is 0. The maximum absolute atomic E-state index is 12.3. The predicted octanol–water partition coefficient (Wildman–Crippen LogP) is 3.52. The van der Waals surface area contributed by atoms with Crippen molar-refractivity contribution in [3.05, 3.63) is 47.0 Å². The van der Waals surface area contributed by atoms with Crippen LogP contribution in [0.15, 0.2) is 30.3 Å². The van der Waals surface area contributed by atoms with Crippen LogP contribution in [0.25, 0.3) is 10.2 Å². The summed E-state index contributed by atoms with van der Waals surface area (Å²) in [5, 5.41) is 3.59. The van der Waals surface area contributed by atoms with E-state index in [0.29, 0.717) is 10.9 Å². The van der Waals surface area contributed by atoms with Crippen LogP contribution in [-0.2, 0) is 4.79 Å². The average molecular weight is 356 g/mol. The molecule has 2 aromatic carbocycles. The van der Waals surface area contributed by atoms with Gasteiger partial charge in [-0.3, -0.25) is 10.2 Å². The van der Waals surface area contributed by atoms with Gasteiger partial charge in [-0.15, -0.1) is 0 Å². The van der Waals surface area contributed by atoms with Crippen molar-refractivity contribution in [1.29, 1.82) is 0 Å². The van der Waals surface area contributed by atoms with Gasteiger partial charge in [0, 0.05) is 5.69 Å².